The number of nitrogens with two attached hydrogens (primary N) is 1. The van der Waals surface area contributed by atoms with Gasteiger partial charge in [0.05, 0.1) is 12.2 Å². The first-order chi connectivity index (χ1) is 10.1. The van der Waals surface area contributed by atoms with Crippen LogP contribution in [0.25, 0.3) is 11.3 Å². The molecule has 3 rings (SSSR count). The summed E-state index contributed by atoms with van der Waals surface area (Å²) in [6, 6.07) is 12.5. The van der Waals surface area contributed by atoms with Gasteiger partial charge in [-0.1, -0.05) is 24.3 Å². The van der Waals surface area contributed by atoms with Crippen LogP contribution in [0.3, 0.4) is 0 Å². The molecule has 0 spiro atoms. The second kappa shape index (κ2) is 5.36. The maximum absolute atomic E-state index is 13.8. The summed E-state index contributed by atoms with van der Waals surface area (Å²) in [5.41, 5.74) is 7.98. The first-order valence-electron chi connectivity index (χ1n) is 6.46. The molecule has 0 aliphatic carbocycles. The minimum absolute atomic E-state index is 0.286. The van der Waals surface area contributed by atoms with Gasteiger partial charge in [0.2, 0.25) is 0 Å². The molecule has 5 heteroatoms. The lowest BCUT2D eigenvalue weighted by atomic mass is 10.1. The minimum atomic E-state index is -0.365. The maximum Gasteiger partial charge on any atom is 0.132 e. The highest BCUT2D eigenvalue weighted by molar-refractivity contribution is 5.72. The third-order valence-electron chi connectivity index (χ3n) is 3.18. The van der Waals surface area contributed by atoms with Crippen molar-refractivity contribution in [2.45, 2.75) is 6.54 Å². The average Bonchev–Trinajstić information content (AvgIpc) is 2.83. The van der Waals surface area contributed by atoms with Crippen LogP contribution in [0.2, 0.25) is 0 Å². The summed E-state index contributed by atoms with van der Waals surface area (Å²) in [6.07, 6.45) is 1.64. The lowest BCUT2D eigenvalue weighted by molar-refractivity contribution is 0.623. The topological polar surface area (TPSA) is 43.8 Å². The molecular formula is C16H13F2N3. The molecule has 2 aromatic carbocycles. The van der Waals surface area contributed by atoms with Crippen LogP contribution in [-0.2, 0) is 6.54 Å². The minimum Gasteiger partial charge on any atom is -0.396 e. The Kier molecular flexibility index (Phi) is 3.39. The van der Waals surface area contributed by atoms with Crippen molar-refractivity contribution in [1.29, 1.82) is 0 Å². The van der Waals surface area contributed by atoms with Gasteiger partial charge in [-0.15, -0.1) is 0 Å². The van der Waals surface area contributed by atoms with Crippen LogP contribution in [0.4, 0.5) is 14.5 Å². The molecule has 0 saturated carbocycles. The third kappa shape index (κ3) is 2.76. The Morgan fingerprint density at radius 2 is 1.71 bits per heavy atom. The van der Waals surface area contributed by atoms with Crippen LogP contribution >= 0.6 is 0 Å². The molecule has 106 valence electrons. The second-order valence-electron chi connectivity index (χ2n) is 4.74. The van der Waals surface area contributed by atoms with Gasteiger partial charge in [-0.2, -0.15) is 5.10 Å². The third-order valence-corrected chi connectivity index (χ3v) is 3.18. The monoisotopic (exact) mass is 285 g/mol. The lowest BCUT2D eigenvalue weighted by Crippen LogP contribution is -2.00. The van der Waals surface area contributed by atoms with E-state index in [-0.39, 0.29) is 11.6 Å². The van der Waals surface area contributed by atoms with Gasteiger partial charge in [-0.05, 0) is 29.8 Å². The van der Waals surface area contributed by atoms with E-state index in [2.05, 4.69) is 5.10 Å². The Labute approximate surface area is 120 Å². The Balaban J connectivity index is 1.91. The smallest absolute Gasteiger partial charge is 0.132 e. The predicted molar refractivity (Wildman–Crippen MR) is 77.5 cm³/mol. The van der Waals surface area contributed by atoms with E-state index in [1.54, 1.807) is 41.2 Å². The number of nitrogens with zero attached hydrogens (tertiary/aromatic N) is 2. The van der Waals surface area contributed by atoms with Crippen molar-refractivity contribution < 1.29 is 8.78 Å². The molecule has 0 unspecified atom stereocenters. The zero-order chi connectivity index (χ0) is 14.8. The summed E-state index contributed by atoms with van der Waals surface area (Å²) >= 11 is 0. The molecule has 0 fully saturated rings. The first-order valence-corrected chi connectivity index (χ1v) is 6.46. The SMILES string of the molecule is Nc1cn(Cc2ccc(F)cc2)nc1-c1ccccc1F. The number of aromatic nitrogens is 2. The number of anilines is 1. The summed E-state index contributed by atoms with van der Waals surface area (Å²) in [6.45, 7) is 0.443. The number of hydrogen-bond donors (Lipinski definition) is 1. The highest BCUT2D eigenvalue weighted by Gasteiger charge is 2.12. The molecule has 0 radical (unpaired) electrons. The zero-order valence-electron chi connectivity index (χ0n) is 11.1. The highest BCUT2D eigenvalue weighted by Crippen LogP contribution is 2.26. The Hall–Kier alpha value is -2.69. The number of halogens is 2. The molecule has 0 aliphatic heterocycles. The summed E-state index contributed by atoms with van der Waals surface area (Å²) in [4.78, 5) is 0. The van der Waals surface area contributed by atoms with Crippen molar-refractivity contribution >= 4 is 5.69 Å². The van der Waals surface area contributed by atoms with E-state index >= 15 is 0 Å². The van der Waals surface area contributed by atoms with Gasteiger partial charge in [0.1, 0.15) is 17.3 Å². The van der Waals surface area contributed by atoms with E-state index in [0.717, 1.165) is 5.56 Å². The van der Waals surface area contributed by atoms with Crippen molar-refractivity contribution in [3.8, 4) is 11.3 Å². The van der Waals surface area contributed by atoms with Crippen molar-refractivity contribution in [2.75, 3.05) is 5.73 Å². The largest absolute Gasteiger partial charge is 0.396 e. The van der Waals surface area contributed by atoms with Crippen molar-refractivity contribution in [2.24, 2.45) is 0 Å². The molecule has 1 aromatic heterocycles. The van der Waals surface area contributed by atoms with E-state index in [4.69, 9.17) is 5.73 Å². The van der Waals surface area contributed by atoms with Gasteiger partial charge in [0, 0.05) is 11.8 Å². The summed E-state index contributed by atoms with van der Waals surface area (Å²) in [5.74, 6) is -0.651. The average molecular weight is 285 g/mol. The Morgan fingerprint density at radius 3 is 2.43 bits per heavy atom. The van der Waals surface area contributed by atoms with E-state index in [0.29, 0.717) is 23.5 Å². The first kappa shape index (κ1) is 13.3. The van der Waals surface area contributed by atoms with Crippen LogP contribution in [0.1, 0.15) is 5.56 Å². The Bertz CT molecular complexity index is 763. The summed E-state index contributed by atoms with van der Waals surface area (Å²) in [7, 11) is 0. The molecule has 0 aliphatic rings. The maximum atomic E-state index is 13.8. The predicted octanol–water partition coefficient (Wildman–Crippen LogP) is 3.46. The van der Waals surface area contributed by atoms with Gasteiger partial charge in [0.25, 0.3) is 0 Å². The Morgan fingerprint density at radius 1 is 1.00 bits per heavy atom. The molecule has 3 nitrogen and oxygen atoms in total. The normalized spacial score (nSPS) is 10.8. The molecule has 21 heavy (non-hydrogen) atoms. The van der Waals surface area contributed by atoms with Gasteiger partial charge in [-0.25, -0.2) is 8.78 Å². The van der Waals surface area contributed by atoms with E-state index in [9.17, 15) is 8.78 Å². The van der Waals surface area contributed by atoms with E-state index in [1.165, 1.54) is 18.2 Å². The summed E-state index contributed by atoms with van der Waals surface area (Å²) in [5, 5.41) is 4.32. The number of nitrogen functional groups attached to an aromatic ring is 1. The van der Waals surface area contributed by atoms with Gasteiger partial charge < -0.3 is 5.73 Å². The van der Waals surface area contributed by atoms with Crippen molar-refractivity contribution in [3.05, 3.63) is 71.9 Å². The van der Waals surface area contributed by atoms with Crippen LogP contribution in [0.5, 0.6) is 0 Å². The van der Waals surface area contributed by atoms with E-state index in [1.807, 2.05) is 0 Å². The fourth-order valence-electron chi connectivity index (χ4n) is 2.16. The molecule has 0 amide bonds. The van der Waals surface area contributed by atoms with Crippen LogP contribution in [0, 0.1) is 11.6 Å². The molecule has 2 N–H and O–H groups in total. The quantitative estimate of drug-likeness (QED) is 0.801. The second-order valence-corrected chi connectivity index (χ2v) is 4.74. The van der Waals surface area contributed by atoms with E-state index < -0.39 is 0 Å². The van der Waals surface area contributed by atoms with Gasteiger partial charge in [0.15, 0.2) is 0 Å². The van der Waals surface area contributed by atoms with Gasteiger partial charge in [-0.3, -0.25) is 4.68 Å². The van der Waals surface area contributed by atoms with Crippen LogP contribution < -0.4 is 5.73 Å². The highest BCUT2D eigenvalue weighted by atomic mass is 19.1. The molecule has 1 heterocycles. The van der Waals surface area contributed by atoms with Crippen molar-refractivity contribution in [1.82, 2.24) is 9.78 Å². The fourth-order valence-corrected chi connectivity index (χ4v) is 2.16. The number of rotatable bonds is 3. The van der Waals surface area contributed by atoms with Crippen LogP contribution in [0.15, 0.2) is 54.7 Å². The van der Waals surface area contributed by atoms with Crippen LogP contribution in [-0.4, -0.2) is 9.78 Å². The summed E-state index contributed by atoms with van der Waals surface area (Å²) < 4.78 is 28.3. The molecule has 0 atom stereocenters. The molecule has 0 bridgehead atoms. The van der Waals surface area contributed by atoms with Crippen molar-refractivity contribution in [3.63, 3.8) is 0 Å². The zero-order valence-corrected chi connectivity index (χ0v) is 11.1. The standard InChI is InChI=1S/C16H13F2N3/c17-12-7-5-11(6-8-12)9-21-10-15(19)16(20-21)13-3-1-2-4-14(13)18/h1-8,10H,9,19H2. The lowest BCUT2D eigenvalue weighted by Gasteiger charge is -2.02. The molecular weight excluding hydrogens is 272 g/mol. The van der Waals surface area contributed by atoms with Gasteiger partial charge >= 0.3 is 0 Å². The molecule has 0 saturated heterocycles. The number of hydrogen-bond acceptors (Lipinski definition) is 2. The fraction of sp³-hybridized carbons (Fsp3) is 0.0625. The number of benzene rings is 2. The molecule has 3 aromatic rings.